The Morgan fingerprint density at radius 1 is 0.950 bits per heavy atom. The van der Waals surface area contributed by atoms with E-state index in [1.54, 1.807) is 5.37 Å². The summed E-state index contributed by atoms with van der Waals surface area (Å²) in [5, 5.41) is 2.39. The summed E-state index contributed by atoms with van der Waals surface area (Å²) in [6.07, 6.45) is 10.2. The van der Waals surface area contributed by atoms with Gasteiger partial charge in [0, 0.05) is 5.02 Å². The summed E-state index contributed by atoms with van der Waals surface area (Å²) in [4.78, 5) is 0. The van der Waals surface area contributed by atoms with E-state index in [1.807, 2.05) is 39.0 Å². The van der Waals surface area contributed by atoms with E-state index < -0.39 is 0 Å². The Morgan fingerprint density at radius 3 is 1.77 bits per heavy atom. The maximum absolute atomic E-state index is 5.94. The number of benzene rings is 2. The van der Waals surface area contributed by atoms with Gasteiger partial charge >= 0.3 is 0 Å². The number of halogens is 1. The molecule has 0 saturated heterocycles. The summed E-state index contributed by atoms with van der Waals surface area (Å²) < 4.78 is 0. The van der Waals surface area contributed by atoms with Crippen LogP contribution in [0.5, 0.6) is 0 Å². The summed E-state index contributed by atoms with van der Waals surface area (Å²) in [5.41, 5.74) is 4.90. The van der Waals surface area contributed by atoms with Crippen molar-refractivity contribution < 1.29 is 0 Å². The van der Waals surface area contributed by atoms with Gasteiger partial charge in [0.15, 0.2) is 0 Å². The highest BCUT2D eigenvalue weighted by atomic mass is 35.5. The van der Waals surface area contributed by atoms with Gasteiger partial charge in [0.1, 0.15) is 0 Å². The molecule has 40 heavy (non-hydrogen) atoms. The van der Waals surface area contributed by atoms with Crippen LogP contribution in [0.2, 0.25) is 5.02 Å². The smallest absolute Gasteiger partial charge is 0.0406 e. The van der Waals surface area contributed by atoms with Crippen LogP contribution in [0.1, 0.15) is 138 Å². The Balaban J connectivity index is -0.000000509. The predicted molar refractivity (Wildman–Crippen MR) is 192 cm³/mol. The highest BCUT2D eigenvalue weighted by Crippen LogP contribution is 2.37. The lowest BCUT2D eigenvalue weighted by Crippen LogP contribution is -2.24. The van der Waals surface area contributed by atoms with Crippen molar-refractivity contribution in [3.8, 4) is 0 Å². The van der Waals surface area contributed by atoms with Gasteiger partial charge in [0.05, 0.1) is 0 Å². The molecule has 2 atom stereocenters. The van der Waals surface area contributed by atoms with E-state index in [4.69, 9.17) is 11.6 Å². The first-order valence-corrected chi connectivity index (χ1v) is 16.2. The molecule has 0 aliphatic rings. The van der Waals surface area contributed by atoms with Crippen molar-refractivity contribution in [1.82, 2.24) is 0 Å². The van der Waals surface area contributed by atoms with Crippen LogP contribution >= 0.6 is 23.8 Å². The van der Waals surface area contributed by atoms with Crippen LogP contribution in [0.15, 0.2) is 79.4 Å². The monoisotopic (exact) mass is 586 g/mol. The van der Waals surface area contributed by atoms with Crippen LogP contribution < -0.4 is 0 Å². The molecule has 0 aromatic heterocycles. The molecule has 2 heteroatoms. The Bertz CT molecular complexity index is 861. The number of allylic oxidation sites excluding steroid dienone is 2. The van der Waals surface area contributed by atoms with Crippen molar-refractivity contribution in [2.75, 3.05) is 0 Å². The molecule has 228 valence electrons. The zero-order chi connectivity index (χ0) is 31.6. The number of rotatable bonds is 10. The summed E-state index contributed by atoms with van der Waals surface area (Å²) in [7, 11) is 0. The van der Waals surface area contributed by atoms with Gasteiger partial charge in [-0.3, -0.25) is 0 Å². The van der Waals surface area contributed by atoms with Gasteiger partial charge in [-0.05, 0) is 91.3 Å². The highest BCUT2D eigenvalue weighted by molar-refractivity contribution is 7.78. The molecule has 0 N–H and O–H groups in total. The van der Waals surface area contributed by atoms with Gasteiger partial charge in [0.2, 0.25) is 0 Å². The quantitative estimate of drug-likeness (QED) is 0.197. The van der Waals surface area contributed by atoms with E-state index in [0.717, 1.165) is 24.3 Å². The molecule has 2 aromatic rings. The van der Waals surface area contributed by atoms with E-state index in [2.05, 4.69) is 123 Å². The molecule has 0 radical (unpaired) electrons. The van der Waals surface area contributed by atoms with Crippen LogP contribution in [0.4, 0.5) is 0 Å². The fraction of sp³-hybridized carbons (Fsp3) is 0.553. The van der Waals surface area contributed by atoms with Crippen LogP contribution in [0.3, 0.4) is 0 Å². The first-order chi connectivity index (χ1) is 18.9. The molecule has 0 nitrogen and oxygen atoms in total. The summed E-state index contributed by atoms with van der Waals surface area (Å²) in [6, 6.07) is 19.0. The lowest BCUT2D eigenvalue weighted by molar-refractivity contribution is 0.379. The molecule has 0 fully saturated rings. The summed E-state index contributed by atoms with van der Waals surface area (Å²) >= 11 is 10.2. The van der Waals surface area contributed by atoms with Crippen LogP contribution in [0.25, 0.3) is 0 Å². The lowest BCUT2D eigenvalue weighted by atomic mass is 9.72. The SMILES string of the molecule is C=C(C)CCC(C)c1ccccc1.C=CCC(CC)(CCC)c1ccc(Cl)cc1.CC.CC=S.CCC(C)(C)C. The van der Waals surface area contributed by atoms with Crippen molar-refractivity contribution in [2.24, 2.45) is 5.41 Å². The number of thiocarbonyl (C=S) groups is 1. The van der Waals surface area contributed by atoms with E-state index in [0.29, 0.717) is 11.3 Å². The third-order valence-electron chi connectivity index (χ3n) is 6.83. The largest absolute Gasteiger partial charge is 0.103 e. The topological polar surface area (TPSA) is 0 Å². The van der Waals surface area contributed by atoms with Crippen LogP contribution in [-0.4, -0.2) is 5.37 Å². The molecule has 0 amide bonds. The average molecular weight is 587 g/mol. The molecule has 0 spiro atoms. The van der Waals surface area contributed by atoms with Crippen LogP contribution in [-0.2, 0) is 5.41 Å². The lowest BCUT2D eigenvalue weighted by Gasteiger charge is -2.32. The van der Waals surface area contributed by atoms with Gasteiger partial charge in [-0.15, -0.1) is 13.2 Å². The van der Waals surface area contributed by atoms with E-state index in [1.165, 1.54) is 42.4 Å². The van der Waals surface area contributed by atoms with Crippen molar-refractivity contribution in [2.45, 2.75) is 132 Å². The molecule has 2 rings (SSSR count). The first-order valence-electron chi connectivity index (χ1n) is 15.3. The molecule has 0 saturated carbocycles. The minimum atomic E-state index is 0.251. The van der Waals surface area contributed by atoms with E-state index in [-0.39, 0.29) is 5.41 Å². The summed E-state index contributed by atoms with van der Waals surface area (Å²) in [6.45, 7) is 31.4. The maximum atomic E-state index is 5.94. The Kier molecular flexibility index (Phi) is 28.0. The van der Waals surface area contributed by atoms with Gasteiger partial charge in [0.25, 0.3) is 0 Å². The zero-order valence-electron chi connectivity index (χ0n) is 28.1. The van der Waals surface area contributed by atoms with Gasteiger partial charge in [-0.1, -0.05) is 153 Å². The fourth-order valence-corrected chi connectivity index (χ4v) is 3.98. The Hall–Kier alpha value is -1.70. The zero-order valence-corrected chi connectivity index (χ0v) is 29.7. The van der Waals surface area contributed by atoms with Crippen molar-refractivity contribution in [3.63, 3.8) is 0 Å². The summed E-state index contributed by atoms with van der Waals surface area (Å²) in [5.74, 6) is 0.651. The van der Waals surface area contributed by atoms with Crippen molar-refractivity contribution >= 4 is 29.2 Å². The van der Waals surface area contributed by atoms with E-state index >= 15 is 0 Å². The fourth-order valence-electron chi connectivity index (χ4n) is 3.86. The molecule has 0 aliphatic heterocycles. The van der Waals surface area contributed by atoms with Gasteiger partial charge < -0.3 is 0 Å². The van der Waals surface area contributed by atoms with E-state index in [9.17, 15) is 0 Å². The standard InChI is InChI=1S/C15H21Cl.C13H18.C6H14.C2H4S.C2H6/c1-4-11-15(6-3,12-5-2)13-7-9-14(16)10-8-13;1-11(2)9-10-12(3)13-7-5-4-6-8-13;1-5-6(2,3)4;1-2-3;1-2/h4,7-10H,1,5-6,11-12H2,2-3H3;4-8,12H,1,9-10H2,2-3H3;5H2,1-4H3;2H,1H3;1-2H3. The molecule has 0 aliphatic carbocycles. The van der Waals surface area contributed by atoms with Crippen molar-refractivity contribution in [1.29, 1.82) is 0 Å². The molecular formula is C38H63ClS. The molecule has 0 bridgehead atoms. The van der Waals surface area contributed by atoms with Crippen LogP contribution in [0, 0.1) is 5.41 Å². The maximum Gasteiger partial charge on any atom is 0.0406 e. The molecule has 2 unspecified atom stereocenters. The third-order valence-corrected chi connectivity index (χ3v) is 7.08. The second-order valence-electron chi connectivity index (χ2n) is 11.3. The Labute approximate surface area is 261 Å². The normalized spacial score (nSPS) is 12.1. The minimum absolute atomic E-state index is 0.251. The van der Waals surface area contributed by atoms with Gasteiger partial charge in [-0.25, -0.2) is 0 Å². The number of hydrogen-bond acceptors (Lipinski definition) is 1. The molecular weight excluding hydrogens is 524 g/mol. The molecule has 2 aromatic carbocycles. The first kappa shape index (κ1) is 42.8. The minimum Gasteiger partial charge on any atom is -0.103 e. The Morgan fingerprint density at radius 2 is 1.43 bits per heavy atom. The third kappa shape index (κ3) is 22.0. The average Bonchev–Trinajstić information content (AvgIpc) is 2.94. The second kappa shape index (κ2) is 26.2. The number of hydrogen-bond donors (Lipinski definition) is 0. The highest BCUT2D eigenvalue weighted by Gasteiger charge is 2.27. The predicted octanol–water partition coefficient (Wildman–Crippen LogP) is 14.0. The van der Waals surface area contributed by atoms with Gasteiger partial charge in [-0.2, -0.15) is 0 Å². The second-order valence-corrected chi connectivity index (χ2v) is 12.2. The molecule has 0 heterocycles. The van der Waals surface area contributed by atoms with Crippen molar-refractivity contribution in [3.05, 3.63) is 95.6 Å².